The number of amides is 1. The quantitative estimate of drug-likeness (QED) is 0.886. The van der Waals surface area contributed by atoms with E-state index in [0.29, 0.717) is 6.42 Å². The molecule has 6 heteroatoms. The van der Waals surface area contributed by atoms with E-state index in [2.05, 4.69) is 5.32 Å². The second-order valence-electron chi connectivity index (χ2n) is 5.52. The lowest BCUT2D eigenvalue weighted by Crippen LogP contribution is -2.35. The normalized spacial score (nSPS) is 12.8. The molecule has 2 N–H and O–H groups in total. The molecule has 0 fully saturated rings. The van der Waals surface area contributed by atoms with E-state index in [9.17, 15) is 14.7 Å². The van der Waals surface area contributed by atoms with Crippen LogP contribution in [0.5, 0.6) is 5.75 Å². The van der Waals surface area contributed by atoms with Crippen molar-refractivity contribution in [3.63, 3.8) is 0 Å². The van der Waals surface area contributed by atoms with Gasteiger partial charge in [0.05, 0.1) is 12.1 Å². The lowest BCUT2D eigenvalue weighted by atomic mass is 10.1. The lowest BCUT2D eigenvalue weighted by molar-refractivity contribution is 0.0493. The molecule has 0 saturated carbocycles. The van der Waals surface area contributed by atoms with E-state index in [4.69, 9.17) is 9.15 Å². The molecule has 0 aliphatic heterocycles. The topological polar surface area (TPSA) is 88.8 Å². The smallest absolute Gasteiger partial charge is 0.408 e. The van der Waals surface area contributed by atoms with E-state index in [0.717, 1.165) is 12.5 Å². The maximum absolute atomic E-state index is 11.8. The second kappa shape index (κ2) is 6.45. The van der Waals surface area contributed by atoms with Crippen LogP contribution < -0.4 is 10.9 Å². The molecule has 0 spiro atoms. The number of alkyl carbamates (subject to hydrolysis) is 1. The summed E-state index contributed by atoms with van der Waals surface area (Å²) in [6, 6.07) is 1.77. The summed E-state index contributed by atoms with van der Waals surface area (Å²) in [5, 5.41) is 12.1. The number of rotatable bonds is 4. The fraction of sp³-hybridized carbons (Fsp3) is 0.571. The summed E-state index contributed by atoms with van der Waals surface area (Å²) >= 11 is 0. The van der Waals surface area contributed by atoms with Crippen LogP contribution in [0.25, 0.3) is 0 Å². The van der Waals surface area contributed by atoms with E-state index in [-0.39, 0.29) is 11.5 Å². The van der Waals surface area contributed by atoms with Crippen LogP contribution in [0.2, 0.25) is 0 Å². The molecule has 0 bridgehead atoms. The van der Waals surface area contributed by atoms with E-state index in [1.807, 2.05) is 6.92 Å². The summed E-state index contributed by atoms with van der Waals surface area (Å²) < 4.78 is 10.2. The second-order valence-corrected chi connectivity index (χ2v) is 5.52. The van der Waals surface area contributed by atoms with E-state index in [1.165, 1.54) is 6.07 Å². The molecule has 0 aromatic carbocycles. The molecule has 0 aliphatic rings. The molecule has 1 aromatic rings. The van der Waals surface area contributed by atoms with Gasteiger partial charge in [0.1, 0.15) is 17.1 Å². The Morgan fingerprint density at radius 3 is 2.60 bits per heavy atom. The van der Waals surface area contributed by atoms with Gasteiger partial charge >= 0.3 is 11.7 Å². The summed E-state index contributed by atoms with van der Waals surface area (Å²) in [4.78, 5) is 23.0. The molecule has 112 valence electrons. The molecular weight excluding hydrogens is 262 g/mol. The molecule has 1 heterocycles. The van der Waals surface area contributed by atoms with Gasteiger partial charge in [-0.05, 0) is 27.2 Å². The minimum absolute atomic E-state index is 0.191. The third-order valence-electron chi connectivity index (χ3n) is 2.39. The zero-order valence-corrected chi connectivity index (χ0v) is 12.2. The fourth-order valence-corrected chi connectivity index (χ4v) is 1.68. The molecule has 0 radical (unpaired) electrons. The van der Waals surface area contributed by atoms with Crippen molar-refractivity contribution in [1.82, 2.24) is 5.32 Å². The Kier molecular flexibility index (Phi) is 5.19. The SMILES string of the molecule is CCC[C@@H](NC(=O)OC(C)(C)C)c1cc(O)cc(=O)o1. The first-order valence-corrected chi connectivity index (χ1v) is 6.55. The highest BCUT2D eigenvalue weighted by atomic mass is 16.6. The zero-order chi connectivity index (χ0) is 15.3. The first-order chi connectivity index (χ1) is 9.21. The molecular formula is C14H21NO5. The summed E-state index contributed by atoms with van der Waals surface area (Å²) in [5.74, 6) is 0.0195. The molecule has 1 atom stereocenters. The lowest BCUT2D eigenvalue weighted by Gasteiger charge is -2.23. The van der Waals surface area contributed by atoms with Crippen molar-refractivity contribution in [2.75, 3.05) is 0 Å². The van der Waals surface area contributed by atoms with Crippen molar-refractivity contribution in [2.45, 2.75) is 52.2 Å². The summed E-state index contributed by atoms with van der Waals surface area (Å²) in [6.07, 6.45) is 0.729. The number of nitrogens with one attached hydrogen (secondary N) is 1. The maximum atomic E-state index is 11.8. The number of hydrogen-bond acceptors (Lipinski definition) is 5. The molecule has 0 aliphatic carbocycles. The Hall–Kier alpha value is -1.98. The van der Waals surface area contributed by atoms with Gasteiger partial charge in [0.25, 0.3) is 0 Å². The van der Waals surface area contributed by atoms with Gasteiger partial charge in [-0.15, -0.1) is 0 Å². The van der Waals surface area contributed by atoms with Crippen LogP contribution in [0.3, 0.4) is 0 Å². The Labute approximate surface area is 117 Å². The van der Waals surface area contributed by atoms with Crippen LogP contribution in [0.1, 0.15) is 52.3 Å². The van der Waals surface area contributed by atoms with Crippen molar-refractivity contribution in [2.24, 2.45) is 0 Å². The number of hydrogen-bond donors (Lipinski definition) is 2. The maximum Gasteiger partial charge on any atom is 0.408 e. The highest BCUT2D eigenvalue weighted by molar-refractivity contribution is 5.68. The minimum atomic E-state index is -0.660. The highest BCUT2D eigenvalue weighted by Crippen LogP contribution is 2.21. The third-order valence-corrected chi connectivity index (χ3v) is 2.39. The van der Waals surface area contributed by atoms with Crippen LogP contribution in [-0.4, -0.2) is 16.8 Å². The van der Waals surface area contributed by atoms with Crippen LogP contribution in [0.15, 0.2) is 21.3 Å². The number of aromatic hydroxyl groups is 1. The molecule has 1 amide bonds. The van der Waals surface area contributed by atoms with Crippen LogP contribution in [0.4, 0.5) is 4.79 Å². The molecule has 6 nitrogen and oxygen atoms in total. The van der Waals surface area contributed by atoms with Crippen molar-refractivity contribution in [1.29, 1.82) is 0 Å². The molecule has 1 aromatic heterocycles. The van der Waals surface area contributed by atoms with Gasteiger partial charge in [0.2, 0.25) is 0 Å². The summed E-state index contributed by atoms with van der Waals surface area (Å²) in [6.45, 7) is 7.21. The van der Waals surface area contributed by atoms with Crippen LogP contribution in [0, 0.1) is 0 Å². The van der Waals surface area contributed by atoms with E-state index < -0.39 is 23.4 Å². The Morgan fingerprint density at radius 1 is 1.45 bits per heavy atom. The number of carbonyl (C=O) groups excluding carboxylic acids is 1. The monoisotopic (exact) mass is 283 g/mol. The van der Waals surface area contributed by atoms with E-state index in [1.54, 1.807) is 20.8 Å². The largest absolute Gasteiger partial charge is 0.508 e. The van der Waals surface area contributed by atoms with Gasteiger partial charge in [-0.25, -0.2) is 9.59 Å². The van der Waals surface area contributed by atoms with Gasteiger partial charge in [-0.1, -0.05) is 13.3 Å². The van der Waals surface area contributed by atoms with E-state index >= 15 is 0 Å². The summed E-state index contributed by atoms with van der Waals surface area (Å²) in [7, 11) is 0. The number of ether oxygens (including phenoxy) is 1. The average Bonchev–Trinajstić information content (AvgIpc) is 2.24. The minimum Gasteiger partial charge on any atom is -0.508 e. The van der Waals surface area contributed by atoms with Crippen LogP contribution >= 0.6 is 0 Å². The molecule has 0 saturated heterocycles. The Morgan fingerprint density at radius 2 is 2.10 bits per heavy atom. The van der Waals surface area contributed by atoms with Crippen molar-refractivity contribution >= 4 is 6.09 Å². The van der Waals surface area contributed by atoms with Crippen molar-refractivity contribution in [3.05, 3.63) is 28.3 Å². The molecule has 20 heavy (non-hydrogen) atoms. The molecule has 1 rings (SSSR count). The van der Waals surface area contributed by atoms with Crippen molar-refractivity contribution in [3.8, 4) is 5.75 Å². The first-order valence-electron chi connectivity index (χ1n) is 6.55. The van der Waals surface area contributed by atoms with Crippen molar-refractivity contribution < 1.29 is 19.1 Å². The Balaban J connectivity index is 2.88. The average molecular weight is 283 g/mol. The van der Waals surface area contributed by atoms with Gasteiger partial charge < -0.3 is 19.6 Å². The van der Waals surface area contributed by atoms with Gasteiger partial charge in [0, 0.05) is 6.07 Å². The Bertz CT molecular complexity index is 515. The standard InChI is InChI=1S/C14H21NO5/c1-5-6-10(15-13(18)20-14(2,3)4)11-7-9(16)8-12(17)19-11/h7-8,10,16H,5-6H2,1-4H3,(H,15,18)/t10-/m1/s1. The van der Waals surface area contributed by atoms with Gasteiger partial charge in [-0.2, -0.15) is 0 Å². The van der Waals surface area contributed by atoms with Gasteiger partial charge in [0.15, 0.2) is 0 Å². The van der Waals surface area contributed by atoms with Crippen LogP contribution in [-0.2, 0) is 4.74 Å². The fourth-order valence-electron chi connectivity index (χ4n) is 1.68. The first kappa shape index (κ1) is 16.1. The third kappa shape index (κ3) is 5.34. The summed E-state index contributed by atoms with van der Waals surface area (Å²) in [5.41, 5.74) is -1.27. The predicted molar refractivity (Wildman–Crippen MR) is 73.7 cm³/mol. The number of carbonyl (C=O) groups is 1. The molecule has 0 unspecified atom stereocenters. The zero-order valence-electron chi connectivity index (χ0n) is 12.2. The van der Waals surface area contributed by atoms with Gasteiger partial charge in [-0.3, -0.25) is 0 Å². The predicted octanol–water partition coefficient (Wildman–Crippen LogP) is 2.71. The highest BCUT2D eigenvalue weighted by Gasteiger charge is 2.22.